The van der Waals surface area contributed by atoms with Crippen LogP contribution in [0.4, 0.5) is 5.69 Å². The van der Waals surface area contributed by atoms with Crippen LogP contribution in [0.3, 0.4) is 0 Å². The van der Waals surface area contributed by atoms with Crippen LogP contribution in [0.1, 0.15) is 26.4 Å². The highest BCUT2D eigenvalue weighted by molar-refractivity contribution is 6.04. The number of fused-ring (bicyclic) bond motifs is 2. The van der Waals surface area contributed by atoms with E-state index in [1.807, 2.05) is 0 Å². The van der Waals surface area contributed by atoms with Gasteiger partial charge in [0.1, 0.15) is 5.69 Å². The Morgan fingerprint density at radius 3 is 3.05 bits per heavy atom. The van der Waals surface area contributed by atoms with Crippen molar-refractivity contribution in [2.24, 2.45) is 0 Å². The molecule has 0 saturated heterocycles. The lowest BCUT2D eigenvalue weighted by molar-refractivity contribution is 0.0600. The molecular weight excluding hydrogens is 246 g/mol. The first-order valence-electron chi connectivity index (χ1n) is 5.73. The number of ether oxygens (including phenoxy) is 1. The van der Waals surface area contributed by atoms with E-state index in [1.165, 1.54) is 7.11 Å². The Kier molecular flexibility index (Phi) is 2.56. The molecule has 0 radical (unpaired) electrons. The summed E-state index contributed by atoms with van der Waals surface area (Å²) in [4.78, 5) is 23.5. The second-order valence-corrected chi connectivity index (χ2v) is 4.19. The van der Waals surface area contributed by atoms with Crippen molar-refractivity contribution >= 4 is 17.6 Å². The van der Waals surface area contributed by atoms with Gasteiger partial charge in [0.15, 0.2) is 0 Å². The number of amides is 1. The lowest BCUT2D eigenvalue weighted by Crippen LogP contribution is -2.14. The maximum absolute atomic E-state index is 12.0. The molecule has 0 atom stereocenters. The van der Waals surface area contributed by atoms with Crippen molar-refractivity contribution in [3.63, 3.8) is 0 Å². The first-order chi connectivity index (χ1) is 9.19. The monoisotopic (exact) mass is 257 g/mol. The Morgan fingerprint density at radius 1 is 1.42 bits per heavy atom. The summed E-state index contributed by atoms with van der Waals surface area (Å²) in [6.45, 7) is 0.484. The van der Waals surface area contributed by atoms with E-state index in [9.17, 15) is 9.59 Å². The van der Waals surface area contributed by atoms with Crippen molar-refractivity contribution in [3.05, 3.63) is 47.3 Å². The Morgan fingerprint density at radius 2 is 2.26 bits per heavy atom. The molecule has 3 rings (SSSR count). The number of carbonyl (C=O) groups excluding carboxylic acids is 2. The van der Waals surface area contributed by atoms with Crippen LogP contribution in [0.2, 0.25) is 0 Å². The van der Waals surface area contributed by atoms with Crippen LogP contribution in [0.15, 0.2) is 30.5 Å². The van der Waals surface area contributed by atoms with Crippen molar-refractivity contribution in [2.45, 2.75) is 6.54 Å². The van der Waals surface area contributed by atoms with Crippen molar-refractivity contribution in [1.29, 1.82) is 0 Å². The Hall–Kier alpha value is -2.63. The van der Waals surface area contributed by atoms with Gasteiger partial charge in [0, 0.05) is 11.9 Å². The first-order valence-corrected chi connectivity index (χ1v) is 5.73. The van der Waals surface area contributed by atoms with Crippen molar-refractivity contribution in [3.8, 4) is 0 Å². The summed E-state index contributed by atoms with van der Waals surface area (Å²) in [5.74, 6) is -0.669. The molecule has 0 spiro atoms. The Labute approximate surface area is 109 Å². The average molecular weight is 257 g/mol. The van der Waals surface area contributed by atoms with E-state index in [0.717, 1.165) is 5.56 Å². The van der Waals surface area contributed by atoms with Crippen LogP contribution >= 0.6 is 0 Å². The van der Waals surface area contributed by atoms with Gasteiger partial charge in [-0.05, 0) is 23.8 Å². The highest BCUT2D eigenvalue weighted by Gasteiger charge is 2.20. The van der Waals surface area contributed by atoms with Crippen LogP contribution in [-0.2, 0) is 11.3 Å². The number of esters is 1. The highest BCUT2D eigenvalue weighted by atomic mass is 16.5. The standard InChI is InChI=1S/C13H11N3O3/c1-19-13(18)8-2-3-9-7-16-11(4-5-14-16)12(17)15-10(9)6-8/h2-6H,7H2,1H3,(H,15,17). The smallest absolute Gasteiger partial charge is 0.337 e. The van der Waals surface area contributed by atoms with Crippen LogP contribution in [0.25, 0.3) is 0 Å². The third-order valence-corrected chi connectivity index (χ3v) is 3.05. The second-order valence-electron chi connectivity index (χ2n) is 4.19. The molecule has 0 unspecified atom stereocenters. The van der Waals surface area contributed by atoms with Crippen molar-refractivity contribution < 1.29 is 14.3 Å². The highest BCUT2D eigenvalue weighted by Crippen LogP contribution is 2.23. The summed E-state index contributed by atoms with van der Waals surface area (Å²) in [5, 5.41) is 6.88. The molecule has 6 nitrogen and oxygen atoms in total. The third-order valence-electron chi connectivity index (χ3n) is 3.05. The minimum atomic E-state index is -0.431. The van der Waals surface area contributed by atoms with Crippen molar-refractivity contribution in [1.82, 2.24) is 9.78 Å². The van der Waals surface area contributed by atoms with E-state index in [0.29, 0.717) is 23.5 Å². The molecule has 1 amide bonds. The minimum absolute atomic E-state index is 0.238. The average Bonchev–Trinajstić information content (AvgIpc) is 2.83. The Balaban J connectivity index is 2.06. The van der Waals surface area contributed by atoms with E-state index < -0.39 is 5.97 Å². The normalized spacial score (nSPS) is 13.0. The number of nitrogens with zero attached hydrogens (tertiary/aromatic N) is 2. The van der Waals surface area contributed by atoms with Gasteiger partial charge in [-0.1, -0.05) is 6.07 Å². The molecule has 96 valence electrons. The molecule has 1 aliphatic heterocycles. The predicted octanol–water partition coefficient (Wildman–Crippen LogP) is 1.28. The van der Waals surface area contributed by atoms with Crippen LogP contribution in [-0.4, -0.2) is 28.8 Å². The summed E-state index contributed by atoms with van der Waals surface area (Å²) in [5.41, 5.74) is 2.40. The molecule has 1 aromatic carbocycles. The molecule has 0 bridgehead atoms. The number of anilines is 1. The fourth-order valence-corrected chi connectivity index (χ4v) is 2.07. The molecule has 0 saturated carbocycles. The number of nitrogens with one attached hydrogen (secondary N) is 1. The third kappa shape index (κ3) is 1.87. The number of benzene rings is 1. The van der Waals surface area contributed by atoms with Gasteiger partial charge in [-0.2, -0.15) is 5.10 Å². The molecule has 2 aromatic rings. The first kappa shape index (κ1) is 11.5. The number of aromatic nitrogens is 2. The summed E-state index contributed by atoms with van der Waals surface area (Å²) in [6.07, 6.45) is 1.59. The minimum Gasteiger partial charge on any atom is -0.465 e. The van der Waals surface area contributed by atoms with Gasteiger partial charge in [-0.3, -0.25) is 9.48 Å². The molecule has 2 heterocycles. The molecule has 0 aliphatic carbocycles. The zero-order valence-electron chi connectivity index (χ0n) is 10.2. The summed E-state index contributed by atoms with van der Waals surface area (Å²) < 4.78 is 6.29. The number of rotatable bonds is 1. The molecule has 0 fully saturated rings. The molecule has 1 aliphatic rings. The zero-order chi connectivity index (χ0) is 13.4. The van der Waals surface area contributed by atoms with E-state index in [1.54, 1.807) is 35.1 Å². The van der Waals surface area contributed by atoms with Gasteiger partial charge in [0.25, 0.3) is 5.91 Å². The van der Waals surface area contributed by atoms with Gasteiger partial charge in [0.2, 0.25) is 0 Å². The van der Waals surface area contributed by atoms with Gasteiger partial charge >= 0.3 is 5.97 Å². The summed E-state index contributed by atoms with van der Waals surface area (Å²) in [7, 11) is 1.32. The lowest BCUT2D eigenvalue weighted by Gasteiger charge is -2.08. The number of methoxy groups -OCH3 is 1. The van der Waals surface area contributed by atoms with Crippen LogP contribution < -0.4 is 5.32 Å². The van der Waals surface area contributed by atoms with Crippen molar-refractivity contribution in [2.75, 3.05) is 12.4 Å². The summed E-state index contributed by atoms with van der Waals surface area (Å²) in [6, 6.07) is 6.73. The van der Waals surface area contributed by atoms with Crippen LogP contribution in [0.5, 0.6) is 0 Å². The number of hydrogen-bond acceptors (Lipinski definition) is 4. The second kappa shape index (κ2) is 4.24. The zero-order valence-corrected chi connectivity index (χ0v) is 10.2. The van der Waals surface area contributed by atoms with Gasteiger partial charge in [0.05, 0.1) is 19.2 Å². The van der Waals surface area contributed by atoms with Gasteiger partial charge < -0.3 is 10.1 Å². The van der Waals surface area contributed by atoms with Gasteiger partial charge in [-0.25, -0.2) is 4.79 Å². The topological polar surface area (TPSA) is 73.2 Å². The number of carbonyl (C=O) groups is 2. The molecular formula is C13H11N3O3. The van der Waals surface area contributed by atoms with E-state index in [2.05, 4.69) is 15.2 Å². The van der Waals surface area contributed by atoms with E-state index >= 15 is 0 Å². The molecule has 6 heteroatoms. The largest absolute Gasteiger partial charge is 0.465 e. The van der Waals surface area contributed by atoms with Crippen LogP contribution in [0, 0.1) is 0 Å². The number of hydrogen-bond donors (Lipinski definition) is 1. The van der Waals surface area contributed by atoms with Gasteiger partial charge in [-0.15, -0.1) is 0 Å². The lowest BCUT2D eigenvalue weighted by atomic mass is 10.1. The van der Waals surface area contributed by atoms with E-state index in [-0.39, 0.29) is 5.91 Å². The quantitative estimate of drug-likeness (QED) is 0.781. The Bertz CT molecular complexity index is 676. The maximum Gasteiger partial charge on any atom is 0.337 e. The predicted molar refractivity (Wildman–Crippen MR) is 67.1 cm³/mol. The summed E-state index contributed by atoms with van der Waals surface area (Å²) >= 11 is 0. The SMILES string of the molecule is COC(=O)c1ccc2c(c1)NC(=O)c1ccnn1C2. The molecule has 19 heavy (non-hydrogen) atoms. The fraction of sp³-hybridized carbons (Fsp3) is 0.154. The fourth-order valence-electron chi connectivity index (χ4n) is 2.07. The molecule has 1 aromatic heterocycles. The van der Waals surface area contributed by atoms with E-state index in [4.69, 9.17) is 0 Å². The molecule has 1 N–H and O–H groups in total. The maximum atomic E-state index is 12.0.